The van der Waals surface area contributed by atoms with Crippen molar-refractivity contribution in [3.8, 4) is 0 Å². The van der Waals surface area contributed by atoms with E-state index < -0.39 is 10.0 Å². The first-order chi connectivity index (χ1) is 9.73. The van der Waals surface area contributed by atoms with Gasteiger partial charge in [0, 0.05) is 33.1 Å². The summed E-state index contributed by atoms with van der Waals surface area (Å²) in [6, 6.07) is 3.66. The van der Waals surface area contributed by atoms with Gasteiger partial charge in [-0.3, -0.25) is 4.79 Å². The molecule has 1 aliphatic rings. The lowest BCUT2D eigenvalue weighted by molar-refractivity contribution is -0.129. The average molecular weight is 310 g/mol. The number of benzene rings is 1. The van der Waals surface area contributed by atoms with E-state index in [1.807, 2.05) is 26.8 Å². The van der Waals surface area contributed by atoms with Crippen LogP contribution in [0.15, 0.2) is 17.0 Å². The fourth-order valence-electron chi connectivity index (χ4n) is 2.59. The molecule has 1 fully saturated rings. The summed E-state index contributed by atoms with van der Waals surface area (Å²) in [5, 5.41) is 0. The van der Waals surface area contributed by atoms with Crippen molar-refractivity contribution >= 4 is 15.9 Å². The van der Waals surface area contributed by atoms with Gasteiger partial charge >= 0.3 is 0 Å². The van der Waals surface area contributed by atoms with Crippen LogP contribution in [0.25, 0.3) is 0 Å². The van der Waals surface area contributed by atoms with Crippen LogP contribution in [0.5, 0.6) is 0 Å². The van der Waals surface area contributed by atoms with Crippen LogP contribution in [0.3, 0.4) is 0 Å². The van der Waals surface area contributed by atoms with E-state index in [1.54, 1.807) is 11.0 Å². The Morgan fingerprint density at radius 3 is 2.00 bits per heavy atom. The monoisotopic (exact) mass is 310 g/mol. The molecule has 1 amide bonds. The number of hydrogen-bond acceptors (Lipinski definition) is 3. The first kappa shape index (κ1) is 16.0. The number of amides is 1. The van der Waals surface area contributed by atoms with Crippen LogP contribution < -0.4 is 0 Å². The molecule has 1 aromatic rings. The van der Waals surface area contributed by atoms with Crippen LogP contribution in [0, 0.1) is 20.8 Å². The van der Waals surface area contributed by atoms with Gasteiger partial charge in [0.2, 0.25) is 15.9 Å². The van der Waals surface area contributed by atoms with Gasteiger partial charge in [0.15, 0.2) is 0 Å². The van der Waals surface area contributed by atoms with E-state index in [0.29, 0.717) is 31.1 Å². The molecule has 1 aliphatic heterocycles. The molecule has 21 heavy (non-hydrogen) atoms. The van der Waals surface area contributed by atoms with Crippen LogP contribution >= 0.6 is 0 Å². The molecule has 0 bridgehead atoms. The van der Waals surface area contributed by atoms with E-state index in [2.05, 4.69) is 0 Å². The molecule has 0 spiro atoms. The molecule has 1 heterocycles. The summed E-state index contributed by atoms with van der Waals surface area (Å²) in [5.74, 6) is -0.00518. The smallest absolute Gasteiger partial charge is 0.243 e. The van der Waals surface area contributed by atoms with E-state index in [0.717, 1.165) is 16.7 Å². The van der Waals surface area contributed by atoms with Gasteiger partial charge in [0.1, 0.15) is 0 Å². The quantitative estimate of drug-likeness (QED) is 0.831. The summed E-state index contributed by atoms with van der Waals surface area (Å²) < 4.78 is 27.0. The van der Waals surface area contributed by atoms with E-state index in [-0.39, 0.29) is 5.91 Å². The molecule has 0 N–H and O–H groups in total. The summed E-state index contributed by atoms with van der Waals surface area (Å²) in [6.07, 6.45) is 0. The molecular formula is C15H22N2O3S. The molecule has 0 saturated carbocycles. The van der Waals surface area contributed by atoms with Crippen molar-refractivity contribution in [1.29, 1.82) is 0 Å². The minimum atomic E-state index is -3.49. The minimum Gasteiger partial charge on any atom is -0.340 e. The average Bonchev–Trinajstić information content (AvgIpc) is 2.42. The molecule has 0 unspecified atom stereocenters. The zero-order valence-corrected chi connectivity index (χ0v) is 13.8. The van der Waals surface area contributed by atoms with Crippen LogP contribution in [0.1, 0.15) is 23.6 Å². The predicted molar refractivity (Wildman–Crippen MR) is 81.7 cm³/mol. The van der Waals surface area contributed by atoms with Crippen molar-refractivity contribution in [2.45, 2.75) is 32.6 Å². The highest BCUT2D eigenvalue weighted by molar-refractivity contribution is 7.89. The van der Waals surface area contributed by atoms with Gasteiger partial charge in [-0.05, 0) is 43.5 Å². The number of hydrogen-bond donors (Lipinski definition) is 0. The van der Waals surface area contributed by atoms with Gasteiger partial charge in [-0.15, -0.1) is 0 Å². The lowest BCUT2D eigenvalue weighted by atomic mass is 10.1. The molecule has 1 saturated heterocycles. The third kappa shape index (κ3) is 3.11. The molecule has 5 nitrogen and oxygen atoms in total. The third-order valence-corrected chi connectivity index (χ3v) is 6.13. The normalized spacial score (nSPS) is 17.0. The Kier molecular flexibility index (Phi) is 4.39. The first-order valence-corrected chi connectivity index (χ1v) is 8.51. The van der Waals surface area contributed by atoms with Gasteiger partial charge < -0.3 is 4.90 Å². The Morgan fingerprint density at radius 1 is 0.952 bits per heavy atom. The van der Waals surface area contributed by atoms with E-state index >= 15 is 0 Å². The third-order valence-electron chi connectivity index (χ3n) is 4.09. The lowest BCUT2D eigenvalue weighted by Gasteiger charge is -2.33. The number of carbonyl (C=O) groups excluding carboxylic acids is 1. The summed E-state index contributed by atoms with van der Waals surface area (Å²) in [5.41, 5.74) is 2.83. The lowest BCUT2D eigenvalue weighted by Crippen LogP contribution is -2.50. The van der Waals surface area contributed by atoms with Crippen molar-refractivity contribution < 1.29 is 13.2 Å². The van der Waals surface area contributed by atoms with E-state index in [1.165, 1.54) is 11.2 Å². The largest absolute Gasteiger partial charge is 0.340 e. The second-order valence-corrected chi connectivity index (χ2v) is 7.52. The molecule has 2 rings (SSSR count). The van der Waals surface area contributed by atoms with Gasteiger partial charge in [-0.2, -0.15) is 4.31 Å². The van der Waals surface area contributed by atoms with Gasteiger partial charge in [-0.25, -0.2) is 8.42 Å². The topological polar surface area (TPSA) is 57.7 Å². The zero-order chi connectivity index (χ0) is 15.8. The fraction of sp³-hybridized carbons (Fsp3) is 0.533. The number of nitrogens with zero attached hydrogens (tertiary/aromatic N) is 2. The van der Waals surface area contributed by atoms with Crippen molar-refractivity contribution in [1.82, 2.24) is 9.21 Å². The number of sulfonamides is 1. The Bertz CT molecular complexity index is 660. The molecule has 116 valence electrons. The summed E-state index contributed by atoms with van der Waals surface area (Å²) in [4.78, 5) is 13.4. The fourth-order valence-corrected chi connectivity index (χ4v) is 4.31. The Balaban J connectivity index is 2.28. The molecule has 6 heteroatoms. The van der Waals surface area contributed by atoms with E-state index in [4.69, 9.17) is 0 Å². The molecule has 0 atom stereocenters. The van der Waals surface area contributed by atoms with Gasteiger partial charge in [-0.1, -0.05) is 6.07 Å². The Morgan fingerprint density at radius 2 is 1.48 bits per heavy atom. The number of carbonyl (C=O) groups is 1. The van der Waals surface area contributed by atoms with Crippen LogP contribution in [-0.4, -0.2) is 49.7 Å². The van der Waals surface area contributed by atoms with Gasteiger partial charge in [0.25, 0.3) is 0 Å². The van der Waals surface area contributed by atoms with Gasteiger partial charge in [0.05, 0.1) is 4.90 Å². The molecule has 1 aromatic carbocycles. The predicted octanol–water partition coefficient (Wildman–Crippen LogP) is 1.46. The number of aryl methyl sites for hydroxylation is 3. The number of piperazine rings is 1. The van der Waals surface area contributed by atoms with Crippen LogP contribution in [0.2, 0.25) is 0 Å². The second-order valence-electron chi connectivity index (χ2n) is 5.61. The highest BCUT2D eigenvalue weighted by Crippen LogP contribution is 2.24. The SMILES string of the molecule is CC(=O)N1CCN(S(=O)(=O)c2cc(C)c(C)cc2C)CC1. The summed E-state index contributed by atoms with van der Waals surface area (Å²) >= 11 is 0. The standard InChI is InChI=1S/C15H22N2O3S/c1-11-9-13(3)15(10-12(11)2)21(19,20)17-7-5-16(6-8-17)14(4)18/h9-10H,5-8H2,1-4H3. The minimum absolute atomic E-state index is 0.00518. The summed E-state index contributed by atoms with van der Waals surface area (Å²) in [6.45, 7) is 8.86. The molecule has 0 aromatic heterocycles. The van der Waals surface area contributed by atoms with Crippen LogP contribution in [0.4, 0.5) is 0 Å². The maximum absolute atomic E-state index is 12.8. The maximum Gasteiger partial charge on any atom is 0.243 e. The summed E-state index contributed by atoms with van der Waals surface area (Å²) in [7, 11) is -3.49. The highest BCUT2D eigenvalue weighted by atomic mass is 32.2. The van der Waals surface area contributed by atoms with Crippen molar-refractivity contribution in [2.75, 3.05) is 26.2 Å². The van der Waals surface area contributed by atoms with E-state index in [9.17, 15) is 13.2 Å². The maximum atomic E-state index is 12.8. The Labute approximate surface area is 126 Å². The first-order valence-electron chi connectivity index (χ1n) is 7.07. The molecule has 0 radical (unpaired) electrons. The zero-order valence-electron chi connectivity index (χ0n) is 13.0. The van der Waals surface area contributed by atoms with Crippen molar-refractivity contribution in [3.05, 3.63) is 28.8 Å². The van der Waals surface area contributed by atoms with Crippen molar-refractivity contribution in [3.63, 3.8) is 0 Å². The Hall–Kier alpha value is -1.40. The van der Waals surface area contributed by atoms with Crippen molar-refractivity contribution in [2.24, 2.45) is 0 Å². The molecular weight excluding hydrogens is 288 g/mol. The second kappa shape index (κ2) is 5.77. The van der Waals surface area contributed by atoms with Crippen LogP contribution in [-0.2, 0) is 14.8 Å². The highest BCUT2D eigenvalue weighted by Gasteiger charge is 2.30. The molecule has 0 aliphatic carbocycles. The number of rotatable bonds is 2.